The summed E-state index contributed by atoms with van der Waals surface area (Å²) in [5, 5.41) is 15.2. The maximum atomic E-state index is 12.8. The third-order valence-corrected chi connectivity index (χ3v) is 7.33. The van der Waals surface area contributed by atoms with Crippen LogP contribution in [0, 0.1) is 0 Å². The van der Waals surface area contributed by atoms with E-state index in [2.05, 4.69) is 25.7 Å². The fourth-order valence-corrected chi connectivity index (χ4v) is 5.25. The molecule has 0 bridgehead atoms. The molecule has 198 valence electrons. The summed E-state index contributed by atoms with van der Waals surface area (Å²) in [5.74, 6) is 2.09. The van der Waals surface area contributed by atoms with Gasteiger partial charge in [0, 0.05) is 30.9 Å². The Kier molecular flexibility index (Phi) is 9.69. The number of rotatable bonds is 12. The molecule has 0 aliphatic carbocycles. The number of aromatic nitrogens is 2. The van der Waals surface area contributed by atoms with Crippen molar-refractivity contribution in [2.45, 2.75) is 18.2 Å². The van der Waals surface area contributed by atoms with E-state index in [0.717, 1.165) is 30.2 Å². The monoisotopic (exact) mass is 545 g/mol. The molecule has 4 rings (SSSR count). The van der Waals surface area contributed by atoms with Gasteiger partial charge in [0.1, 0.15) is 17.2 Å². The highest BCUT2D eigenvalue weighted by Gasteiger charge is 2.20. The van der Waals surface area contributed by atoms with Crippen LogP contribution >= 0.6 is 23.1 Å². The minimum Gasteiger partial charge on any atom is -0.497 e. The number of thioether (sulfide) groups is 1. The molecule has 1 aromatic heterocycles. The zero-order chi connectivity index (χ0) is 26.0. The summed E-state index contributed by atoms with van der Waals surface area (Å²) in [5.41, 5.74) is 2.39. The Balaban J connectivity index is 1.39. The van der Waals surface area contributed by atoms with Crippen LogP contribution in [0.1, 0.15) is 13.8 Å². The van der Waals surface area contributed by atoms with E-state index in [0.29, 0.717) is 53.1 Å². The Morgan fingerprint density at radius 1 is 1.08 bits per heavy atom. The predicted octanol–water partition coefficient (Wildman–Crippen LogP) is 4.66. The second kappa shape index (κ2) is 13.4. The van der Waals surface area contributed by atoms with E-state index >= 15 is 0 Å². The first kappa shape index (κ1) is 26.8. The van der Waals surface area contributed by atoms with Gasteiger partial charge < -0.3 is 34.5 Å². The SMILES string of the molecule is CCOc1cc(N2CCOCC2)c(OCC)cc1NC(=O)CSc1nnc(Nc2ccc(OC)cc2)s1. The van der Waals surface area contributed by atoms with E-state index in [4.69, 9.17) is 18.9 Å². The number of hydrogen-bond donors (Lipinski definition) is 2. The second-order valence-corrected chi connectivity index (χ2v) is 10.0. The number of carbonyl (C=O) groups excluding carboxylic acids is 1. The summed E-state index contributed by atoms with van der Waals surface area (Å²) in [7, 11) is 1.63. The summed E-state index contributed by atoms with van der Waals surface area (Å²) in [6, 6.07) is 11.3. The van der Waals surface area contributed by atoms with Gasteiger partial charge in [0.15, 0.2) is 4.34 Å². The molecule has 1 aliphatic heterocycles. The Morgan fingerprint density at radius 3 is 2.51 bits per heavy atom. The Morgan fingerprint density at radius 2 is 1.81 bits per heavy atom. The molecule has 37 heavy (non-hydrogen) atoms. The number of ether oxygens (including phenoxy) is 4. The number of hydrogen-bond acceptors (Lipinski definition) is 11. The predicted molar refractivity (Wildman–Crippen MR) is 147 cm³/mol. The molecule has 1 saturated heterocycles. The molecule has 1 fully saturated rings. The largest absolute Gasteiger partial charge is 0.497 e. The normalized spacial score (nSPS) is 13.2. The van der Waals surface area contributed by atoms with Crippen LogP contribution in [0.5, 0.6) is 17.2 Å². The van der Waals surface area contributed by atoms with Gasteiger partial charge in [0.25, 0.3) is 0 Å². The molecule has 2 heterocycles. The first-order valence-corrected chi connectivity index (χ1v) is 13.8. The summed E-state index contributed by atoms with van der Waals surface area (Å²) >= 11 is 2.71. The van der Waals surface area contributed by atoms with Crippen molar-refractivity contribution in [2.24, 2.45) is 0 Å². The smallest absolute Gasteiger partial charge is 0.234 e. The molecule has 12 heteroatoms. The third kappa shape index (κ3) is 7.40. The van der Waals surface area contributed by atoms with Crippen molar-refractivity contribution in [1.82, 2.24) is 10.2 Å². The fraction of sp³-hybridized carbons (Fsp3) is 0.400. The first-order chi connectivity index (χ1) is 18.1. The fourth-order valence-electron chi connectivity index (χ4n) is 3.67. The molecule has 0 radical (unpaired) electrons. The molecule has 0 atom stereocenters. The minimum absolute atomic E-state index is 0.174. The number of methoxy groups -OCH3 is 1. The van der Waals surface area contributed by atoms with Gasteiger partial charge in [-0.3, -0.25) is 4.79 Å². The van der Waals surface area contributed by atoms with Gasteiger partial charge in [-0.2, -0.15) is 0 Å². The van der Waals surface area contributed by atoms with Crippen LogP contribution in [0.3, 0.4) is 0 Å². The second-order valence-electron chi connectivity index (χ2n) is 7.85. The van der Waals surface area contributed by atoms with Crippen LogP contribution in [0.25, 0.3) is 0 Å². The average molecular weight is 546 g/mol. The number of carbonyl (C=O) groups is 1. The molecular weight excluding hydrogens is 514 g/mol. The summed E-state index contributed by atoms with van der Waals surface area (Å²) in [4.78, 5) is 15.0. The molecule has 0 unspecified atom stereocenters. The van der Waals surface area contributed by atoms with Crippen LogP contribution in [0.15, 0.2) is 40.7 Å². The summed E-state index contributed by atoms with van der Waals surface area (Å²) < 4.78 is 23.1. The number of benzene rings is 2. The standard InChI is InChI=1S/C25H31N5O5S2/c1-4-34-21-15-20(30-10-12-33-13-11-30)22(35-5-2)14-19(21)27-23(31)16-36-25-29-28-24(37-25)26-17-6-8-18(32-3)9-7-17/h6-9,14-15H,4-5,10-13,16H2,1-3H3,(H,26,28)(H,27,31). The third-order valence-electron chi connectivity index (χ3n) is 5.36. The lowest BCUT2D eigenvalue weighted by atomic mass is 10.2. The lowest BCUT2D eigenvalue weighted by Crippen LogP contribution is -2.36. The Hall–Kier alpha value is -3.22. The van der Waals surface area contributed by atoms with Gasteiger partial charge in [-0.25, -0.2) is 0 Å². The lowest BCUT2D eigenvalue weighted by molar-refractivity contribution is -0.113. The molecule has 0 spiro atoms. The maximum Gasteiger partial charge on any atom is 0.234 e. The summed E-state index contributed by atoms with van der Waals surface area (Å²) in [6.45, 7) is 7.70. The molecule has 1 aliphatic rings. The molecule has 10 nitrogen and oxygen atoms in total. The number of nitrogens with zero attached hydrogens (tertiary/aromatic N) is 3. The summed E-state index contributed by atoms with van der Waals surface area (Å²) in [6.07, 6.45) is 0. The zero-order valence-electron chi connectivity index (χ0n) is 21.1. The number of anilines is 4. The number of nitrogens with one attached hydrogen (secondary N) is 2. The molecule has 2 N–H and O–H groups in total. The Labute approximate surface area is 224 Å². The van der Waals surface area contributed by atoms with E-state index in [1.54, 1.807) is 7.11 Å². The van der Waals surface area contributed by atoms with Gasteiger partial charge in [-0.15, -0.1) is 10.2 Å². The van der Waals surface area contributed by atoms with Crippen molar-refractivity contribution in [3.63, 3.8) is 0 Å². The first-order valence-electron chi connectivity index (χ1n) is 12.0. The molecule has 0 saturated carbocycles. The van der Waals surface area contributed by atoms with Crippen LogP contribution in [0.2, 0.25) is 0 Å². The van der Waals surface area contributed by atoms with E-state index in [1.165, 1.54) is 23.1 Å². The van der Waals surface area contributed by atoms with Gasteiger partial charge >= 0.3 is 0 Å². The molecule has 2 aromatic carbocycles. The van der Waals surface area contributed by atoms with Gasteiger partial charge in [-0.1, -0.05) is 23.1 Å². The van der Waals surface area contributed by atoms with E-state index < -0.39 is 0 Å². The van der Waals surface area contributed by atoms with Crippen molar-refractivity contribution in [3.05, 3.63) is 36.4 Å². The van der Waals surface area contributed by atoms with Crippen LogP contribution < -0.4 is 29.7 Å². The van der Waals surface area contributed by atoms with Crippen LogP contribution in [-0.4, -0.2) is 68.5 Å². The minimum atomic E-state index is -0.174. The van der Waals surface area contributed by atoms with Crippen LogP contribution in [-0.2, 0) is 9.53 Å². The van der Waals surface area contributed by atoms with Crippen molar-refractivity contribution in [1.29, 1.82) is 0 Å². The Bertz CT molecular complexity index is 1170. The van der Waals surface area contributed by atoms with Crippen molar-refractivity contribution >= 4 is 51.2 Å². The van der Waals surface area contributed by atoms with Gasteiger partial charge in [0.2, 0.25) is 11.0 Å². The zero-order valence-corrected chi connectivity index (χ0v) is 22.7. The van der Waals surface area contributed by atoms with Crippen LogP contribution in [0.4, 0.5) is 22.2 Å². The quantitative estimate of drug-likeness (QED) is 0.312. The maximum absolute atomic E-state index is 12.8. The van der Waals surface area contributed by atoms with Gasteiger partial charge in [-0.05, 0) is 38.1 Å². The number of morpholine rings is 1. The highest BCUT2D eigenvalue weighted by Crippen LogP contribution is 2.39. The highest BCUT2D eigenvalue weighted by atomic mass is 32.2. The van der Waals surface area contributed by atoms with E-state index in [1.807, 2.05) is 50.2 Å². The molecule has 3 aromatic rings. The van der Waals surface area contributed by atoms with Crippen molar-refractivity contribution in [2.75, 3.05) is 67.9 Å². The van der Waals surface area contributed by atoms with E-state index in [-0.39, 0.29) is 11.7 Å². The molecule has 1 amide bonds. The number of amides is 1. The van der Waals surface area contributed by atoms with Gasteiger partial charge in [0.05, 0.1) is 50.7 Å². The lowest BCUT2D eigenvalue weighted by Gasteiger charge is -2.31. The molecular formula is C25H31N5O5S2. The highest BCUT2D eigenvalue weighted by molar-refractivity contribution is 8.01. The topological polar surface area (TPSA) is 107 Å². The van der Waals surface area contributed by atoms with E-state index in [9.17, 15) is 4.79 Å². The van der Waals surface area contributed by atoms with Crippen molar-refractivity contribution < 1.29 is 23.7 Å². The van der Waals surface area contributed by atoms with Crippen molar-refractivity contribution in [3.8, 4) is 17.2 Å². The average Bonchev–Trinajstić information content (AvgIpc) is 3.37.